The van der Waals surface area contributed by atoms with Gasteiger partial charge in [0.25, 0.3) is 0 Å². The van der Waals surface area contributed by atoms with E-state index in [-0.39, 0.29) is 24.8 Å². The minimum Gasteiger partial charge on any atom is -0.480 e. The lowest BCUT2D eigenvalue weighted by Gasteiger charge is -2.29. The summed E-state index contributed by atoms with van der Waals surface area (Å²) in [6.07, 6.45) is 0.868. The third kappa shape index (κ3) is 5.68. The van der Waals surface area contributed by atoms with E-state index in [9.17, 15) is 24.3 Å². The van der Waals surface area contributed by atoms with E-state index in [0.29, 0.717) is 18.5 Å². The van der Waals surface area contributed by atoms with Gasteiger partial charge in [0.1, 0.15) is 6.04 Å². The number of aryl methyl sites for hydroxylation is 1. The van der Waals surface area contributed by atoms with E-state index in [0.717, 1.165) is 11.1 Å². The first-order valence-corrected chi connectivity index (χ1v) is 10.7. The van der Waals surface area contributed by atoms with E-state index in [1.165, 1.54) is 11.0 Å². The maximum absolute atomic E-state index is 13.0. The van der Waals surface area contributed by atoms with Gasteiger partial charge in [0, 0.05) is 5.69 Å². The number of anilines is 1. The second-order valence-corrected chi connectivity index (χ2v) is 7.71. The molecule has 0 saturated carbocycles. The van der Waals surface area contributed by atoms with Crippen molar-refractivity contribution in [2.24, 2.45) is 0 Å². The average Bonchev–Trinajstić information content (AvgIpc) is 3.23. The van der Waals surface area contributed by atoms with E-state index >= 15 is 0 Å². The molecule has 1 heterocycles. The number of carboxylic acids is 1. The summed E-state index contributed by atoms with van der Waals surface area (Å²) in [4.78, 5) is 50.3. The molecule has 3 N–H and O–H groups in total. The summed E-state index contributed by atoms with van der Waals surface area (Å²) in [5, 5.41) is 14.7. The Morgan fingerprint density at radius 1 is 1.09 bits per heavy atom. The fourth-order valence-corrected chi connectivity index (χ4v) is 4.03. The van der Waals surface area contributed by atoms with Gasteiger partial charge >= 0.3 is 18.0 Å². The zero-order valence-electron chi connectivity index (χ0n) is 18.5. The molecule has 9 nitrogen and oxygen atoms in total. The zero-order valence-corrected chi connectivity index (χ0v) is 18.5. The predicted octanol–water partition coefficient (Wildman–Crippen LogP) is 3.11. The number of nitrogens with zero attached hydrogens (tertiary/aromatic N) is 1. The third-order valence-electron chi connectivity index (χ3n) is 5.54. The molecule has 174 valence electrons. The van der Waals surface area contributed by atoms with Gasteiger partial charge in [-0.1, -0.05) is 30.3 Å². The number of carboxylic acid groups (broad SMARTS) is 1. The Morgan fingerprint density at radius 2 is 1.85 bits per heavy atom. The van der Waals surface area contributed by atoms with E-state index < -0.39 is 29.9 Å². The summed E-state index contributed by atoms with van der Waals surface area (Å²) < 4.78 is 4.94. The van der Waals surface area contributed by atoms with E-state index in [1.54, 1.807) is 25.1 Å². The smallest absolute Gasteiger partial charge is 0.338 e. The maximum Gasteiger partial charge on any atom is 0.338 e. The minimum atomic E-state index is -1.07. The highest BCUT2D eigenvalue weighted by Crippen LogP contribution is 2.37. The minimum absolute atomic E-state index is 0.233. The Morgan fingerprint density at radius 3 is 2.55 bits per heavy atom. The number of carbonyl (C=O) groups excluding carboxylic acids is 3. The fraction of sp³-hybridized carbons (Fsp3) is 0.333. The Labute approximate surface area is 191 Å². The molecular weight excluding hydrogens is 426 g/mol. The van der Waals surface area contributed by atoms with Gasteiger partial charge in [0.15, 0.2) is 0 Å². The van der Waals surface area contributed by atoms with Crippen LogP contribution < -0.4 is 10.6 Å². The number of hydrogen-bond donors (Lipinski definition) is 3. The van der Waals surface area contributed by atoms with Crippen LogP contribution in [0.4, 0.5) is 10.5 Å². The predicted molar refractivity (Wildman–Crippen MR) is 121 cm³/mol. The standard InChI is InChI=1S/C24H27N3O6/c1-3-33-23(31)16-8-6-9-17(13-16)26-24(32)25-14-21(28)27-19(11-12-20(27)22(29)30)18-10-5-4-7-15(18)2/h4-10,13,19-20H,3,11-12,14H2,1-2H3,(H,29,30)(H2,25,26,32). The van der Waals surface area contributed by atoms with Gasteiger partial charge in [-0.2, -0.15) is 0 Å². The van der Waals surface area contributed by atoms with Crippen molar-refractivity contribution in [2.45, 2.75) is 38.8 Å². The summed E-state index contributed by atoms with van der Waals surface area (Å²) in [5.74, 6) is -2.06. The first-order valence-electron chi connectivity index (χ1n) is 10.7. The van der Waals surface area contributed by atoms with Crippen molar-refractivity contribution in [3.8, 4) is 0 Å². The van der Waals surface area contributed by atoms with Gasteiger partial charge in [-0.15, -0.1) is 0 Å². The van der Waals surface area contributed by atoms with Gasteiger partial charge in [-0.05, 0) is 56.0 Å². The number of carbonyl (C=O) groups is 4. The molecule has 1 aliphatic rings. The lowest BCUT2D eigenvalue weighted by Crippen LogP contribution is -2.47. The molecule has 2 aromatic rings. The molecule has 0 aromatic heterocycles. The summed E-state index contributed by atoms with van der Waals surface area (Å²) in [6, 6.07) is 11.8. The molecule has 1 fully saturated rings. The van der Waals surface area contributed by atoms with E-state index in [2.05, 4.69) is 10.6 Å². The monoisotopic (exact) mass is 453 g/mol. The van der Waals surface area contributed by atoms with Crippen LogP contribution >= 0.6 is 0 Å². The van der Waals surface area contributed by atoms with Crippen molar-refractivity contribution in [3.63, 3.8) is 0 Å². The number of urea groups is 1. The van der Waals surface area contributed by atoms with Crippen LogP contribution in [0.15, 0.2) is 48.5 Å². The average molecular weight is 453 g/mol. The number of esters is 1. The summed E-state index contributed by atoms with van der Waals surface area (Å²) in [6.45, 7) is 3.48. The van der Waals surface area contributed by atoms with Crippen molar-refractivity contribution in [2.75, 3.05) is 18.5 Å². The zero-order chi connectivity index (χ0) is 24.0. The Bertz CT molecular complexity index is 1050. The van der Waals surface area contributed by atoms with Crippen LogP contribution in [0.5, 0.6) is 0 Å². The third-order valence-corrected chi connectivity index (χ3v) is 5.54. The molecule has 0 spiro atoms. The normalized spacial score (nSPS) is 17.3. The Kier molecular flexibility index (Phi) is 7.66. The number of hydrogen-bond acceptors (Lipinski definition) is 5. The molecule has 2 unspecified atom stereocenters. The van der Waals surface area contributed by atoms with Crippen molar-refractivity contribution >= 4 is 29.6 Å². The topological polar surface area (TPSA) is 125 Å². The highest BCUT2D eigenvalue weighted by atomic mass is 16.5. The Hall–Kier alpha value is -3.88. The van der Waals surface area contributed by atoms with Crippen LogP contribution in [0.1, 0.15) is 47.3 Å². The number of benzene rings is 2. The molecule has 1 aliphatic heterocycles. The summed E-state index contributed by atoms with van der Waals surface area (Å²) in [5.41, 5.74) is 2.51. The van der Waals surface area contributed by atoms with Gasteiger partial charge in [-0.3, -0.25) is 4.79 Å². The number of nitrogens with one attached hydrogen (secondary N) is 2. The molecule has 0 bridgehead atoms. The van der Waals surface area contributed by atoms with Crippen LogP contribution in [-0.2, 0) is 14.3 Å². The summed E-state index contributed by atoms with van der Waals surface area (Å²) >= 11 is 0. The highest BCUT2D eigenvalue weighted by molar-refractivity contribution is 5.95. The largest absolute Gasteiger partial charge is 0.480 e. The number of likely N-dealkylation sites (tertiary alicyclic amines) is 1. The number of aliphatic carboxylic acids is 1. The number of amides is 3. The van der Waals surface area contributed by atoms with Gasteiger partial charge in [0.2, 0.25) is 5.91 Å². The molecular formula is C24H27N3O6. The van der Waals surface area contributed by atoms with Crippen molar-refractivity contribution in [3.05, 3.63) is 65.2 Å². The van der Waals surface area contributed by atoms with Crippen molar-refractivity contribution in [1.82, 2.24) is 10.2 Å². The van der Waals surface area contributed by atoms with E-state index in [1.807, 2.05) is 31.2 Å². The van der Waals surface area contributed by atoms with Gasteiger partial charge in [-0.25, -0.2) is 14.4 Å². The molecule has 3 rings (SSSR count). The number of ether oxygens (including phenoxy) is 1. The molecule has 33 heavy (non-hydrogen) atoms. The molecule has 1 saturated heterocycles. The second kappa shape index (κ2) is 10.6. The molecule has 2 aromatic carbocycles. The quantitative estimate of drug-likeness (QED) is 0.553. The van der Waals surface area contributed by atoms with Crippen molar-refractivity contribution < 1.29 is 29.0 Å². The maximum atomic E-state index is 13.0. The lowest BCUT2D eigenvalue weighted by molar-refractivity contribution is -0.149. The fourth-order valence-electron chi connectivity index (χ4n) is 4.03. The SMILES string of the molecule is CCOC(=O)c1cccc(NC(=O)NCC(=O)N2C(C(=O)O)CCC2c2ccccc2C)c1. The van der Waals surface area contributed by atoms with Gasteiger partial charge in [0.05, 0.1) is 24.8 Å². The molecule has 0 radical (unpaired) electrons. The second-order valence-electron chi connectivity index (χ2n) is 7.71. The lowest BCUT2D eigenvalue weighted by atomic mass is 9.99. The van der Waals surface area contributed by atoms with Crippen LogP contribution in [0, 0.1) is 6.92 Å². The van der Waals surface area contributed by atoms with Crippen LogP contribution in [0.3, 0.4) is 0 Å². The van der Waals surface area contributed by atoms with Crippen LogP contribution in [0.2, 0.25) is 0 Å². The van der Waals surface area contributed by atoms with E-state index in [4.69, 9.17) is 4.74 Å². The van der Waals surface area contributed by atoms with Crippen molar-refractivity contribution in [1.29, 1.82) is 0 Å². The molecule has 2 atom stereocenters. The molecule has 9 heteroatoms. The highest BCUT2D eigenvalue weighted by Gasteiger charge is 2.41. The molecule has 3 amide bonds. The number of rotatable bonds is 7. The van der Waals surface area contributed by atoms with Crippen LogP contribution in [0.25, 0.3) is 0 Å². The van der Waals surface area contributed by atoms with Gasteiger partial charge < -0.3 is 25.4 Å². The molecule has 0 aliphatic carbocycles. The first-order chi connectivity index (χ1) is 15.8. The summed E-state index contributed by atoms with van der Waals surface area (Å²) in [7, 11) is 0. The first kappa shape index (κ1) is 23.8. The van der Waals surface area contributed by atoms with Crippen LogP contribution in [-0.4, -0.2) is 53.1 Å². The Balaban J connectivity index is 1.66.